The van der Waals surface area contributed by atoms with Crippen LogP contribution in [-0.4, -0.2) is 23.2 Å². The Labute approximate surface area is 112 Å². The molecule has 0 N–H and O–H groups in total. The summed E-state index contributed by atoms with van der Waals surface area (Å²) in [7, 11) is 1.43. The van der Waals surface area contributed by atoms with Crippen molar-refractivity contribution in [3.8, 4) is 5.75 Å². The van der Waals surface area contributed by atoms with Crippen LogP contribution in [0.2, 0.25) is 0 Å². The molecule has 0 saturated heterocycles. The molecule has 2 aromatic rings. The molecule has 7 heteroatoms. The first kappa shape index (κ1) is 14.1. The maximum absolute atomic E-state index is 12.4. The van der Waals surface area contributed by atoms with Crippen molar-refractivity contribution in [3.63, 3.8) is 0 Å². The first-order chi connectivity index (χ1) is 9.44. The van der Waals surface area contributed by atoms with Gasteiger partial charge in [0.1, 0.15) is 12.0 Å². The van der Waals surface area contributed by atoms with Gasteiger partial charge < -0.3 is 4.74 Å². The van der Waals surface area contributed by atoms with Crippen molar-refractivity contribution in [2.75, 3.05) is 7.11 Å². The molecule has 0 fully saturated rings. The number of hydrogen-bond acceptors (Lipinski definition) is 3. The normalized spacial score (nSPS) is 11.4. The predicted molar refractivity (Wildman–Crippen MR) is 64.7 cm³/mol. The Morgan fingerprint density at radius 2 is 2.10 bits per heavy atom. The highest BCUT2D eigenvalue weighted by Gasteiger charge is 2.33. The van der Waals surface area contributed by atoms with Crippen LogP contribution < -0.4 is 4.74 Å². The van der Waals surface area contributed by atoms with Crippen LogP contribution in [0.1, 0.15) is 21.6 Å². The quantitative estimate of drug-likeness (QED) is 0.811. The maximum atomic E-state index is 12.4. The van der Waals surface area contributed by atoms with Crippen molar-refractivity contribution in [1.29, 1.82) is 0 Å². The Morgan fingerprint density at radius 1 is 1.35 bits per heavy atom. The van der Waals surface area contributed by atoms with E-state index >= 15 is 0 Å². The number of benzene rings is 1. The van der Waals surface area contributed by atoms with Gasteiger partial charge in [-0.25, -0.2) is 0 Å². The molecule has 0 atom stereocenters. The summed E-state index contributed by atoms with van der Waals surface area (Å²) in [6, 6.07) is 5.62. The van der Waals surface area contributed by atoms with Gasteiger partial charge in [-0.15, -0.1) is 0 Å². The smallest absolute Gasteiger partial charge is 0.435 e. The number of carbonyl (C=O) groups excluding carboxylic acids is 1. The highest BCUT2D eigenvalue weighted by atomic mass is 19.4. The number of aromatic nitrogens is 2. The summed E-state index contributed by atoms with van der Waals surface area (Å²) in [5, 5.41) is 3.46. The zero-order valence-electron chi connectivity index (χ0n) is 10.5. The first-order valence-electron chi connectivity index (χ1n) is 5.67. The van der Waals surface area contributed by atoms with E-state index in [1.165, 1.54) is 24.1 Å². The number of alkyl halides is 3. The van der Waals surface area contributed by atoms with E-state index in [1.54, 1.807) is 12.1 Å². The molecule has 0 unspecified atom stereocenters. The third kappa shape index (κ3) is 2.98. The molecule has 2 rings (SSSR count). The number of nitrogens with zero attached hydrogens (tertiary/aromatic N) is 2. The fourth-order valence-corrected chi connectivity index (χ4v) is 1.74. The number of rotatable bonds is 4. The molecule has 1 aromatic carbocycles. The second-order valence-corrected chi connectivity index (χ2v) is 4.09. The summed E-state index contributed by atoms with van der Waals surface area (Å²) in [6.45, 7) is 0.123. The molecule has 0 saturated carbocycles. The van der Waals surface area contributed by atoms with Crippen LogP contribution in [0.15, 0.2) is 30.5 Å². The van der Waals surface area contributed by atoms with Crippen molar-refractivity contribution in [2.45, 2.75) is 12.7 Å². The first-order valence-corrected chi connectivity index (χ1v) is 5.67. The van der Waals surface area contributed by atoms with E-state index in [2.05, 4.69) is 5.10 Å². The van der Waals surface area contributed by atoms with Crippen LogP contribution in [0, 0.1) is 0 Å². The fourth-order valence-electron chi connectivity index (χ4n) is 1.74. The number of ether oxygens (including phenoxy) is 1. The lowest BCUT2D eigenvalue weighted by Crippen LogP contribution is -2.09. The minimum absolute atomic E-state index is 0.123. The van der Waals surface area contributed by atoms with E-state index in [9.17, 15) is 18.0 Å². The largest absolute Gasteiger partial charge is 0.496 e. The van der Waals surface area contributed by atoms with Crippen molar-refractivity contribution in [3.05, 3.63) is 47.3 Å². The number of methoxy groups -OCH3 is 1. The SMILES string of the molecule is COc1cc(C=O)ccc1Cn1ccc(C(F)(F)F)n1. The van der Waals surface area contributed by atoms with Gasteiger partial charge in [0.05, 0.1) is 13.7 Å². The van der Waals surface area contributed by atoms with Crippen LogP contribution in [0.4, 0.5) is 13.2 Å². The molecule has 0 radical (unpaired) electrons. The Kier molecular flexibility index (Phi) is 3.78. The van der Waals surface area contributed by atoms with Crippen LogP contribution >= 0.6 is 0 Å². The van der Waals surface area contributed by atoms with Crippen LogP contribution in [0.25, 0.3) is 0 Å². The van der Waals surface area contributed by atoms with Gasteiger partial charge in [-0.2, -0.15) is 18.3 Å². The standard InChI is InChI=1S/C13H11F3N2O2/c1-20-11-6-9(8-19)2-3-10(11)7-18-5-4-12(17-18)13(14,15)16/h2-6,8H,7H2,1H3. The van der Waals surface area contributed by atoms with E-state index in [0.29, 0.717) is 23.2 Å². The van der Waals surface area contributed by atoms with E-state index in [-0.39, 0.29) is 6.54 Å². The van der Waals surface area contributed by atoms with Crippen molar-refractivity contribution in [1.82, 2.24) is 9.78 Å². The summed E-state index contributed by atoms with van der Waals surface area (Å²) in [5.74, 6) is 0.429. The van der Waals surface area contributed by atoms with Crippen molar-refractivity contribution in [2.24, 2.45) is 0 Å². The summed E-state index contributed by atoms with van der Waals surface area (Å²) >= 11 is 0. The third-order valence-electron chi connectivity index (χ3n) is 2.71. The van der Waals surface area contributed by atoms with Crippen LogP contribution in [0.3, 0.4) is 0 Å². The monoisotopic (exact) mass is 284 g/mol. The Bertz CT molecular complexity index is 620. The Morgan fingerprint density at radius 3 is 2.65 bits per heavy atom. The molecule has 0 spiro atoms. The zero-order valence-corrected chi connectivity index (χ0v) is 10.5. The fraction of sp³-hybridized carbons (Fsp3) is 0.231. The molecule has 0 bridgehead atoms. The Balaban J connectivity index is 2.26. The molecule has 0 aliphatic rings. The van der Waals surface area contributed by atoms with Crippen LogP contribution in [0.5, 0.6) is 5.75 Å². The average Bonchev–Trinajstić information content (AvgIpc) is 2.87. The van der Waals surface area contributed by atoms with Gasteiger partial charge in [-0.3, -0.25) is 9.48 Å². The van der Waals surface area contributed by atoms with E-state index in [0.717, 1.165) is 6.07 Å². The molecule has 4 nitrogen and oxygen atoms in total. The lowest BCUT2D eigenvalue weighted by atomic mass is 10.1. The predicted octanol–water partition coefficient (Wildman–Crippen LogP) is 2.77. The molecule has 106 valence electrons. The number of hydrogen-bond donors (Lipinski definition) is 0. The van der Waals surface area contributed by atoms with Crippen LogP contribution in [-0.2, 0) is 12.7 Å². The van der Waals surface area contributed by atoms with Gasteiger partial charge in [0.15, 0.2) is 5.69 Å². The molecule has 0 aliphatic heterocycles. The maximum Gasteiger partial charge on any atom is 0.435 e. The van der Waals surface area contributed by atoms with E-state index < -0.39 is 11.9 Å². The summed E-state index contributed by atoms with van der Waals surface area (Å²) < 4.78 is 43.6. The third-order valence-corrected chi connectivity index (χ3v) is 2.71. The average molecular weight is 284 g/mol. The molecular formula is C13H11F3N2O2. The van der Waals surface area contributed by atoms with Gasteiger partial charge in [0, 0.05) is 17.3 Å². The molecule has 1 heterocycles. The molecule has 1 aromatic heterocycles. The highest BCUT2D eigenvalue weighted by molar-refractivity contribution is 5.75. The van der Waals surface area contributed by atoms with E-state index in [1.807, 2.05) is 0 Å². The highest BCUT2D eigenvalue weighted by Crippen LogP contribution is 2.28. The van der Waals surface area contributed by atoms with E-state index in [4.69, 9.17) is 4.74 Å². The Hall–Kier alpha value is -2.31. The van der Waals surface area contributed by atoms with Gasteiger partial charge in [-0.05, 0) is 12.1 Å². The number of halogens is 3. The van der Waals surface area contributed by atoms with Gasteiger partial charge >= 0.3 is 6.18 Å². The molecule has 20 heavy (non-hydrogen) atoms. The topological polar surface area (TPSA) is 44.1 Å². The second kappa shape index (κ2) is 5.36. The summed E-state index contributed by atoms with van der Waals surface area (Å²) in [6.07, 6.45) is -2.55. The number of carbonyl (C=O) groups is 1. The molecular weight excluding hydrogens is 273 g/mol. The molecule has 0 amide bonds. The van der Waals surface area contributed by atoms with Gasteiger partial charge in [0.2, 0.25) is 0 Å². The lowest BCUT2D eigenvalue weighted by molar-refractivity contribution is -0.141. The number of aldehydes is 1. The summed E-state index contributed by atoms with van der Waals surface area (Å²) in [4.78, 5) is 10.7. The van der Waals surface area contributed by atoms with Crippen molar-refractivity contribution >= 4 is 6.29 Å². The minimum Gasteiger partial charge on any atom is -0.496 e. The van der Waals surface area contributed by atoms with Gasteiger partial charge in [-0.1, -0.05) is 12.1 Å². The zero-order chi connectivity index (χ0) is 14.8. The summed E-state index contributed by atoms with van der Waals surface area (Å²) in [5.41, 5.74) is 0.123. The lowest BCUT2D eigenvalue weighted by Gasteiger charge is -2.09. The van der Waals surface area contributed by atoms with Crippen molar-refractivity contribution < 1.29 is 22.7 Å². The minimum atomic E-state index is -4.46. The second-order valence-electron chi connectivity index (χ2n) is 4.09. The van der Waals surface area contributed by atoms with Gasteiger partial charge in [0.25, 0.3) is 0 Å². The molecule has 0 aliphatic carbocycles.